The smallest absolute Gasteiger partial charge is 0.407 e. The second-order valence-electron chi connectivity index (χ2n) is 8.38. The number of nitrogens with one attached hydrogen (secondary N) is 1. The van der Waals surface area contributed by atoms with Crippen LogP contribution in [0.5, 0.6) is 5.75 Å². The van der Waals surface area contributed by atoms with Crippen LogP contribution in [0.15, 0.2) is 72.8 Å². The van der Waals surface area contributed by atoms with Crippen molar-refractivity contribution in [3.8, 4) is 16.9 Å². The normalized spacial score (nSPS) is 13.2. The molecule has 0 saturated heterocycles. The summed E-state index contributed by atoms with van der Waals surface area (Å²) < 4.78 is 11.2. The average molecular weight is 446 g/mol. The number of rotatable bonds is 8. The van der Waals surface area contributed by atoms with Gasteiger partial charge < -0.3 is 19.9 Å². The molecule has 1 aliphatic rings. The molecule has 33 heavy (non-hydrogen) atoms. The first kappa shape index (κ1) is 22.4. The molecule has 1 unspecified atom stereocenters. The molecule has 0 fully saturated rings. The lowest BCUT2D eigenvalue weighted by atomic mass is 9.98. The Bertz CT molecular complexity index is 1110. The molecular formula is C27H27NO5. The first-order valence-electron chi connectivity index (χ1n) is 11.0. The minimum Gasteiger partial charge on any atom is -0.491 e. The van der Waals surface area contributed by atoms with E-state index in [1.165, 1.54) is 0 Å². The number of carbonyl (C=O) groups excluding carboxylic acids is 1. The van der Waals surface area contributed by atoms with Crippen molar-refractivity contribution in [2.24, 2.45) is 0 Å². The molecule has 3 aromatic carbocycles. The molecule has 170 valence electrons. The second kappa shape index (κ2) is 9.77. The zero-order chi connectivity index (χ0) is 23.4. The minimum absolute atomic E-state index is 0.00877. The fourth-order valence-corrected chi connectivity index (χ4v) is 4.24. The Morgan fingerprint density at radius 2 is 1.58 bits per heavy atom. The van der Waals surface area contributed by atoms with Crippen molar-refractivity contribution in [1.29, 1.82) is 0 Å². The molecule has 0 bridgehead atoms. The fraction of sp³-hybridized carbons (Fsp3) is 0.259. The average Bonchev–Trinajstić information content (AvgIpc) is 3.11. The third kappa shape index (κ3) is 5.17. The van der Waals surface area contributed by atoms with Crippen LogP contribution in [0, 0.1) is 0 Å². The lowest BCUT2D eigenvalue weighted by Crippen LogP contribution is -2.42. The van der Waals surface area contributed by atoms with Crippen LogP contribution in [0.1, 0.15) is 36.5 Å². The standard InChI is InChI=1S/C27H27NO5/c1-17(2)33-19-9-7-8-18(14-19)15-25(26(29)30)28-27(31)32-16-24-22-12-5-3-10-20(22)21-11-4-6-13-23(21)24/h3-14,17,24-25H,15-16H2,1-2H3,(H,28,31)(H,29,30). The molecule has 0 saturated carbocycles. The van der Waals surface area contributed by atoms with E-state index in [1.54, 1.807) is 12.1 Å². The van der Waals surface area contributed by atoms with Gasteiger partial charge in [-0.1, -0.05) is 60.7 Å². The van der Waals surface area contributed by atoms with Crippen LogP contribution in [0.4, 0.5) is 4.79 Å². The molecule has 1 atom stereocenters. The van der Waals surface area contributed by atoms with E-state index in [0.29, 0.717) is 5.75 Å². The maximum atomic E-state index is 12.5. The zero-order valence-electron chi connectivity index (χ0n) is 18.7. The third-order valence-electron chi connectivity index (χ3n) is 5.64. The van der Waals surface area contributed by atoms with Crippen molar-refractivity contribution in [3.63, 3.8) is 0 Å². The highest BCUT2D eigenvalue weighted by Crippen LogP contribution is 2.44. The van der Waals surface area contributed by atoms with E-state index in [1.807, 2.05) is 62.4 Å². The van der Waals surface area contributed by atoms with Gasteiger partial charge in [0.05, 0.1) is 6.10 Å². The van der Waals surface area contributed by atoms with E-state index in [4.69, 9.17) is 9.47 Å². The van der Waals surface area contributed by atoms with Gasteiger partial charge >= 0.3 is 12.1 Å². The summed E-state index contributed by atoms with van der Waals surface area (Å²) in [7, 11) is 0. The quantitative estimate of drug-likeness (QED) is 0.509. The number of carbonyl (C=O) groups is 2. The second-order valence-corrected chi connectivity index (χ2v) is 8.38. The van der Waals surface area contributed by atoms with E-state index in [2.05, 4.69) is 17.4 Å². The van der Waals surface area contributed by atoms with E-state index in [-0.39, 0.29) is 25.0 Å². The van der Waals surface area contributed by atoms with Gasteiger partial charge in [-0.15, -0.1) is 0 Å². The minimum atomic E-state index is -1.13. The maximum Gasteiger partial charge on any atom is 0.407 e. The number of aliphatic carboxylic acids is 1. The number of carboxylic acids is 1. The van der Waals surface area contributed by atoms with Gasteiger partial charge in [0.25, 0.3) is 0 Å². The SMILES string of the molecule is CC(C)Oc1cccc(CC(NC(=O)OCC2c3ccccc3-c3ccccc32)C(=O)O)c1. The lowest BCUT2D eigenvalue weighted by Gasteiger charge is -2.18. The monoisotopic (exact) mass is 445 g/mol. The molecule has 6 heteroatoms. The van der Waals surface area contributed by atoms with Crippen molar-refractivity contribution < 1.29 is 24.2 Å². The van der Waals surface area contributed by atoms with Gasteiger partial charge in [0.15, 0.2) is 0 Å². The Morgan fingerprint density at radius 3 is 2.18 bits per heavy atom. The molecule has 0 spiro atoms. The van der Waals surface area contributed by atoms with E-state index in [0.717, 1.165) is 27.8 Å². The molecule has 1 aliphatic carbocycles. The van der Waals surface area contributed by atoms with Crippen LogP contribution in [0.2, 0.25) is 0 Å². The number of carboxylic acid groups (broad SMARTS) is 1. The van der Waals surface area contributed by atoms with Crippen LogP contribution in [-0.4, -0.2) is 35.9 Å². The Labute approximate surface area is 193 Å². The summed E-state index contributed by atoms with van der Waals surface area (Å²) in [5.74, 6) is -0.553. The van der Waals surface area contributed by atoms with Crippen molar-refractivity contribution >= 4 is 12.1 Å². The van der Waals surface area contributed by atoms with Gasteiger partial charge in [-0.05, 0) is 53.8 Å². The summed E-state index contributed by atoms with van der Waals surface area (Å²) in [6, 6.07) is 22.2. The highest BCUT2D eigenvalue weighted by molar-refractivity contribution is 5.81. The molecule has 0 aliphatic heterocycles. The number of alkyl carbamates (subject to hydrolysis) is 1. The molecule has 3 aromatic rings. The maximum absolute atomic E-state index is 12.5. The van der Waals surface area contributed by atoms with Gasteiger partial charge in [-0.25, -0.2) is 9.59 Å². The van der Waals surface area contributed by atoms with E-state index in [9.17, 15) is 14.7 Å². The van der Waals surface area contributed by atoms with Gasteiger partial charge in [0, 0.05) is 12.3 Å². The first-order valence-corrected chi connectivity index (χ1v) is 11.0. The van der Waals surface area contributed by atoms with Crippen molar-refractivity contribution in [1.82, 2.24) is 5.32 Å². The van der Waals surface area contributed by atoms with Crippen molar-refractivity contribution in [2.45, 2.75) is 38.3 Å². The van der Waals surface area contributed by atoms with Gasteiger partial charge in [0.2, 0.25) is 0 Å². The van der Waals surface area contributed by atoms with Gasteiger partial charge in [-0.2, -0.15) is 0 Å². The summed E-state index contributed by atoms with van der Waals surface area (Å²) in [6.45, 7) is 3.97. The van der Waals surface area contributed by atoms with Crippen LogP contribution in [0.3, 0.4) is 0 Å². The predicted octanol–water partition coefficient (Wildman–Crippen LogP) is 5.01. The predicted molar refractivity (Wildman–Crippen MR) is 126 cm³/mol. The molecule has 2 N–H and O–H groups in total. The Kier molecular flexibility index (Phi) is 6.63. The van der Waals surface area contributed by atoms with Crippen LogP contribution in [0.25, 0.3) is 11.1 Å². The largest absolute Gasteiger partial charge is 0.491 e. The number of hydrogen-bond acceptors (Lipinski definition) is 4. The first-order chi connectivity index (χ1) is 15.9. The lowest BCUT2D eigenvalue weighted by molar-refractivity contribution is -0.139. The van der Waals surface area contributed by atoms with Crippen LogP contribution < -0.4 is 10.1 Å². The molecule has 0 heterocycles. The number of fused-ring (bicyclic) bond motifs is 3. The fourth-order valence-electron chi connectivity index (χ4n) is 4.24. The van der Waals surface area contributed by atoms with Crippen LogP contribution in [-0.2, 0) is 16.0 Å². The van der Waals surface area contributed by atoms with Crippen molar-refractivity contribution in [2.75, 3.05) is 6.61 Å². The van der Waals surface area contributed by atoms with Gasteiger partial charge in [0.1, 0.15) is 18.4 Å². The summed E-state index contributed by atoms with van der Waals surface area (Å²) in [6.07, 6.45) is -0.622. The van der Waals surface area contributed by atoms with Gasteiger partial charge in [-0.3, -0.25) is 0 Å². The topological polar surface area (TPSA) is 84.9 Å². The summed E-state index contributed by atoms with van der Waals surface area (Å²) >= 11 is 0. The number of amides is 1. The summed E-state index contributed by atoms with van der Waals surface area (Å²) in [5, 5.41) is 12.1. The van der Waals surface area contributed by atoms with Crippen LogP contribution >= 0.6 is 0 Å². The third-order valence-corrected chi connectivity index (χ3v) is 5.64. The molecule has 0 aromatic heterocycles. The molecular weight excluding hydrogens is 418 g/mol. The highest BCUT2D eigenvalue weighted by atomic mass is 16.5. The zero-order valence-corrected chi connectivity index (χ0v) is 18.7. The molecule has 4 rings (SSSR count). The summed E-state index contributed by atoms with van der Waals surface area (Å²) in [4.78, 5) is 24.3. The highest BCUT2D eigenvalue weighted by Gasteiger charge is 2.29. The summed E-state index contributed by atoms with van der Waals surface area (Å²) in [5.41, 5.74) is 5.22. The number of benzene rings is 3. The Balaban J connectivity index is 1.41. The Hall–Kier alpha value is -3.80. The molecule has 1 amide bonds. The molecule has 6 nitrogen and oxygen atoms in total. The van der Waals surface area contributed by atoms with E-state index >= 15 is 0 Å². The number of ether oxygens (including phenoxy) is 2. The Morgan fingerprint density at radius 1 is 0.939 bits per heavy atom. The van der Waals surface area contributed by atoms with E-state index < -0.39 is 18.1 Å². The molecule has 0 radical (unpaired) electrons. The van der Waals surface area contributed by atoms with Crippen molar-refractivity contribution in [3.05, 3.63) is 89.5 Å². The number of hydrogen-bond donors (Lipinski definition) is 2.